The van der Waals surface area contributed by atoms with Crippen molar-refractivity contribution in [1.82, 2.24) is 9.80 Å². The molecule has 148 valence electrons. The van der Waals surface area contributed by atoms with Crippen LogP contribution in [0.5, 0.6) is 0 Å². The molecule has 0 bridgehead atoms. The molecular formula is C22H27N3O2S. The molecule has 1 N–H and O–H groups in total. The topological polar surface area (TPSA) is 52.6 Å². The number of piperazine rings is 1. The van der Waals surface area contributed by atoms with E-state index < -0.39 is 0 Å². The highest BCUT2D eigenvalue weighted by Gasteiger charge is 2.21. The van der Waals surface area contributed by atoms with E-state index in [1.165, 1.54) is 16.9 Å². The Morgan fingerprint density at radius 1 is 1.11 bits per heavy atom. The van der Waals surface area contributed by atoms with Gasteiger partial charge in [-0.05, 0) is 50.4 Å². The number of likely N-dealkylation sites (N-methyl/N-ethyl adjacent to an activating group) is 1. The number of nitrogens with zero attached hydrogens (tertiary/aromatic N) is 2. The number of carbonyl (C=O) groups is 2. The van der Waals surface area contributed by atoms with Gasteiger partial charge in [-0.15, -0.1) is 11.3 Å². The summed E-state index contributed by atoms with van der Waals surface area (Å²) >= 11 is 1.69. The minimum Gasteiger partial charge on any atom is -0.322 e. The molecule has 6 heteroatoms. The zero-order chi connectivity index (χ0) is 19.5. The third-order valence-electron chi connectivity index (χ3n) is 5.71. The minimum atomic E-state index is -0.0666. The van der Waals surface area contributed by atoms with Gasteiger partial charge in [-0.2, -0.15) is 0 Å². The number of hydrogen-bond donors (Lipinski definition) is 1. The van der Waals surface area contributed by atoms with Gasteiger partial charge in [0.1, 0.15) is 0 Å². The Balaban J connectivity index is 1.41. The van der Waals surface area contributed by atoms with Gasteiger partial charge in [0.25, 0.3) is 5.91 Å². The summed E-state index contributed by atoms with van der Waals surface area (Å²) in [5.74, 6) is 0.0385. The quantitative estimate of drug-likeness (QED) is 0.787. The number of aryl methyl sites for hydroxylation is 1. The average molecular weight is 398 g/mol. The zero-order valence-electron chi connectivity index (χ0n) is 16.4. The molecule has 1 amide bonds. The van der Waals surface area contributed by atoms with E-state index >= 15 is 0 Å². The number of fused-ring (bicyclic) bond motifs is 1. The number of Topliss-reactive ketones (excluding diaryl/α,β-unsaturated/α-hetero) is 1. The summed E-state index contributed by atoms with van der Waals surface area (Å²) in [4.78, 5) is 31.3. The molecule has 1 saturated heterocycles. The van der Waals surface area contributed by atoms with Gasteiger partial charge in [0.05, 0.1) is 12.1 Å². The highest BCUT2D eigenvalue weighted by atomic mass is 32.1. The number of anilines is 1. The largest absolute Gasteiger partial charge is 0.322 e. The number of thiophene rings is 1. The first-order valence-corrected chi connectivity index (χ1v) is 10.9. The maximum Gasteiger partial charge on any atom is 0.256 e. The van der Waals surface area contributed by atoms with Crippen molar-refractivity contribution < 1.29 is 9.59 Å². The first kappa shape index (κ1) is 19.3. The third kappa shape index (κ3) is 4.35. The zero-order valence-corrected chi connectivity index (χ0v) is 17.2. The predicted octanol–water partition coefficient (Wildman–Crippen LogP) is 3.31. The lowest BCUT2D eigenvalue weighted by molar-refractivity contribution is 0.0876. The van der Waals surface area contributed by atoms with Crippen molar-refractivity contribution in [2.24, 2.45) is 0 Å². The first-order valence-electron chi connectivity index (χ1n) is 10.0. The molecule has 2 aromatic rings. The fraction of sp³-hybridized carbons (Fsp3) is 0.455. The molecule has 5 nitrogen and oxygen atoms in total. The van der Waals surface area contributed by atoms with Crippen LogP contribution < -0.4 is 5.32 Å². The fourth-order valence-corrected chi connectivity index (χ4v) is 5.08. The lowest BCUT2D eigenvalue weighted by Crippen LogP contribution is -2.46. The second kappa shape index (κ2) is 8.55. The molecule has 0 saturated carbocycles. The van der Waals surface area contributed by atoms with Gasteiger partial charge < -0.3 is 10.2 Å². The van der Waals surface area contributed by atoms with Crippen molar-refractivity contribution in [2.75, 3.05) is 45.1 Å². The van der Waals surface area contributed by atoms with Crippen LogP contribution in [-0.4, -0.2) is 61.3 Å². The van der Waals surface area contributed by atoms with E-state index in [1.807, 2.05) is 23.6 Å². The van der Waals surface area contributed by atoms with E-state index in [9.17, 15) is 9.59 Å². The molecule has 0 unspecified atom stereocenters. The van der Waals surface area contributed by atoms with E-state index in [0.29, 0.717) is 17.8 Å². The second-order valence-corrected chi connectivity index (χ2v) is 8.76. The monoisotopic (exact) mass is 397 g/mol. The van der Waals surface area contributed by atoms with Gasteiger partial charge in [0.2, 0.25) is 0 Å². The fourth-order valence-electron chi connectivity index (χ4n) is 3.95. The summed E-state index contributed by atoms with van der Waals surface area (Å²) < 4.78 is 0. The normalized spacial score (nSPS) is 17.9. The van der Waals surface area contributed by atoms with Crippen LogP contribution in [-0.2, 0) is 12.8 Å². The Morgan fingerprint density at radius 2 is 1.89 bits per heavy atom. The predicted molar refractivity (Wildman–Crippen MR) is 114 cm³/mol. The summed E-state index contributed by atoms with van der Waals surface area (Å²) in [6.45, 7) is 4.26. The summed E-state index contributed by atoms with van der Waals surface area (Å²) in [5.41, 5.74) is 3.36. The van der Waals surface area contributed by atoms with Gasteiger partial charge in [-0.25, -0.2) is 0 Å². The molecule has 28 heavy (non-hydrogen) atoms. The lowest BCUT2D eigenvalue weighted by Gasteiger charge is -2.31. The van der Waals surface area contributed by atoms with Crippen molar-refractivity contribution in [1.29, 1.82) is 0 Å². The van der Waals surface area contributed by atoms with E-state index in [-0.39, 0.29) is 11.7 Å². The van der Waals surface area contributed by atoms with Crippen LogP contribution in [0.3, 0.4) is 0 Å². The number of ketones is 1. The molecule has 1 aromatic heterocycles. The van der Waals surface area contributed by atoms with Crippen molar-refractivity contribution in [3.63, 3.8) is 0 Å². The highest BCUT2D eigenvalue weighted by molar-refractivity contribution is 7.10. The van der Waals surface area contributed by atoms with E-state index in [1.54, 1.807) is 17.4 Å². The Labute approximate surface area is 170 Å². The van der Waals surface area contributed by atoms with E-state index in [0.717, 1.165) is 51.0 Å². The molecule has 0 spiro atoms. The maximum absolute atomic E-state index is 12.8. The van der Waals surface area contributed by atoms with Crippen molar-refractivity contribution in [3.8, 4) is 0 Å². The molecule has 1 aliphatic heterocycles. The summed E-state index contributed by atoms with van der Waals surface area (Å²) in [6.07, 6.45) is 4.45. The van der Waals surface area contributed by atoms with Gasteiger partial charge in [-0.3, -0.25) is 14.5 Å². The van der Waals surface area contributed by atoms with Gasteiger partial charge in [0, 0.05) is 47.7 Å². The molecule has 0 atom stereocenters. The number of nitrogens with one attached hydrogen (secondary N) is 1. The van der Waals surface area contributed by atoms with Gasteiger partial charge in [-0.1, -0.05) is 12.1 Å². The standard InChI is InChI=1S/C22H27N3O2S/c1-24-9-11-25(12-10-24)14-20(26)16-5-4-6-17(13-16)23-22(27)19-15-28-21-8-3-2-7-18(19)21/h4-6,13,15H,2-3,7-12,14H2,1H3,(H,23,27). The highest BCUT2D eigenvalue weighted by Crippen LogP contribution is 2.30. The molecule has 2 aliphatic rings. The number of rotatable bonds is 5. The number of amides is 1. The molecule has 1 fully saturated rings. The smallest absolute Gasteiger partial charge is 0.256 e. The Hall–Kier alpha value is -2.02. The molecule has 4 rings (SSSR count). The van der Waals surface area contributed by atoms with Crippen LogP contribution in [0.4, 0.5) is 5.69 Å². The molecule has 2 heterocycles. The van der Waals surface area contributed by atoms with Crippen LogP contribution in [0, 0.1) is 0 Å². The molecule has 1 aromatic carbocycles. The Morgan fingerprint density at radius 3 is 2.71 bits per heavy atom. The Bertz CT molecular complexity index is 868. The van der Waals surface area contributed by atoms with Crippen LogP contribution in [0.15, 0.2) is 29.6 Å². The lowest BCUT2D eigenvalue weighted by atomic mass is 9.95. The number of hydrogen-bond acceptors (Lipinski definition) is 5. The second-order valence-electron chi connectivity index (χ2n) is 7.80. The number of benzene rings is 1. The molecule has 0 radical (unpaired) electrons. The summed E-state index contributed by atoms with van der Waals surface area (Å²) in [7, 11) is 2.11. The Kier molecular flexibility index (Phi) is 5.90. The van der Waals surface area contributed by atoms with E-state index in [2.05, 4.69) is 22.2 Å². The van der Waals surface area contributed by atoms with Crippen molar-refractivity contribution >= 4 is 28.7 Å². The van der Waals surface area contributed by atoms with Crippen LogP contribution >= 0.6 is 11.3 Å². The SMILES string of the molecule is CN1CCN(CC(=O)c2cccc(NC(=O)c3csc4c3CCCC4)c2)CC1. The van der Waals surface area contributed by atoms with Crippen LogP contribution in [0.25, 0.3) is 0 Å². The average Bonchev–Trinajstić information content (AvgIpc) is 3.14. The van der Waals surface area contributed by atoms with Crippen LogP contribution in [0.2, 0.25) is 0 Å². The van der Waals surface area contributed by atoms with E-state index in [4.69, 9.17) is 0 Å². The summed E-state index contributed by atoms with van der Waals surface area (Å²) in [6, 6.07) is 7.33. The maximum atomic E-state index is 12.8. The minimum absolute atomic E-state index is 0.0666. The van der Waals surface area contributed by atoms with Gasteiger partial charge in [0.15, 0.2) is 5.78 Å². The summed E-state index contributed by atoms with van der Waals surface area (Å²) in [5, 5.41) is 4.97. The molecule has 1 aliphatic carbocycles. The third-order valence-corrected chi connectivity index (χ3v) is 6.80. The van der Waals surface area contributed by atoms with Crippen molar-refractivity contribution in [2.45, 2.75) is 25.7 Å². The van der Waals surface area contributed by atoms with Crippen LogP contribution in [0.1, 0.15) is 44.0 Å². The first-order chi connectivity index (χ1) is 13.6. The van der Waals surface area contributed by atoms with Crippen molar-refractivity contribution in [3.05, 3.63) is 51.2 Å². The number of carbonyl (C=O) groups excluding carboxylic acids is 2. The molecular weight excluding hydrogens is 370 g/mol. The van der Waals surface area contributed by atoms with Gasteiger partial charge >= 0.3 is 0 Å².